The normalized spacial score (nSPS) is 13.7. The number of aliphatic hydroxyl groups is 1. The van der Waals surface area contributed by atoms with Crippen LogP contribution in [0.15, 0.2) is 0 Å². The molecule has 0 aromatic carbocycles. The van der Waals surface area contributed by atoms with Gasteiger partial charge in [0.1, 0.15) is 6.61 Å². The van der Waals surface area contributed by atoms with Crippen molar-refractivity contribution in [2.24, 2.45) is 5.41 Å². The summed E-state index contributed by atoms with van der Waals surface area (Å²) in [6, 6.07) is 0. The predicted octanol–water partition coefficient (Wildman–Crippen LogP) is 2.52. The van der Waals surface area contributed by atoms with E-state index in [9.17, 15) is 9.90 Å². The van der Waals surface area contributed by atoms with Gasteiger partial charge in [0.15, 0.2) is 0 Å². The highest BCUT2D eigenvalue weighted by molar-refractivity contribution is 5.70. The topological polar surface area (TPSA) is 46.5 Å². The number of hydrogen-bond donors (Lipinski definition) is 1. The second-order valence-corrected chi connectivity index (χ2v) is 4.84. The molecule has 1 unspecified atom stereocenters. The summed E-state index contributed by atoms with van der Waals surface area (Å²) in [6.45, 7) is 8.22. The first kappa shape index (κ1) is 14.4. The van der Waals surface area contributed by atoms with E-state index in [0.29, 0.717) is 12.8 Å². The SMILES string of the molecule is CCCC(C)(C)CC(=O)OCC(O)CC. The van der Waals surface area contributed by atoms with Crippen molar-refractivity contribution in [1.82, 2.24) is 0 Å². The van der Waals surface area contributed by atoms with Crippen LogP contribution < -0.4 is 0 Å². The lowest BCUT2D eigenvalue weighted by molar-refractivity contribution is -0.149. The van der Waals surface area contributed by atoms with E-state index < -0.39 is 6.10 Å². The number of carbonyl (C=O) groups is 1. The van der Waals surface area contributed by atoms with Gasteiger partial charge < -0.3 is 9.84 Å². The van der Waals surface area contributed by atoms with E-state index in [1.54, 1.807) is 0 Å². The third-order valence-electron chi connectivity index (χ3n) is 2.46. The lowest BCUT2D eigenvalue weighted by atomic mass is 9.85. The van der Waals surface area contributed by atoms with Gasteiger partial charge in [-0.3, -0.25) is 4.79 Å². The van der Waals surface area contributed by atoms with Crippen LogP contribution in [0.2, 0.25) is 0 Å². The summed E-state index contributed by atoms with van der Waals surface area (Å²) in [5.74, 6) is -0.207. The minimum atomic E-state index is -0.525. The monoisotopic (exact) mass is 216 g/mol. The van der Waals surface area contributed by atoms with E-state index in [2.05, 4.69) is 20.8 Å². The molecule has 0 bridgehead atoms. The molecule has 1 atom stereocenters. The van der Waals surface area contributed by atoms with Crippen LogP contribution >= 0.6 is 0 Å². The van der Waals surface area contributed by atoms with E-state index in [4.69, 9.17) is 4.74 Å². The Morgan fingerprint density at radius 3 is 2.47 bits per heavy atom. The Bertz CT molecular complexity index is 187. The summed E-state index contributed by atoms with van der Waals surface area (Å²) in [4.78, 5) is 11.4. The second kappa shape index (κ2) is 6.83. The molecule has 0 saturated heterocycles. The number of esters is 1. The van der Waals surface area contributed by atoms with Gasteiger partial charge in [-0.1, -0.05) is 34.1 Å². The van der Waals surface area contributed by atoms with Crippen LogP contribution in [0.5, 0.6) is 0 Å². The molecule has 3 heteroatoms. The van der Waals surface area contributed by atoms with Gasteiger partial charge in [-0.05, 0) is 18.3 Å². The summed E-state index contributed by atoms with van der Waals surface area (Å²) in [6.07, 6.45) is 2.60. The quantitative estimate of drug-likeness (QED) is 0.665. The van der Waals surface area contributed by atoms with E-state index in [1.165, 1.54) is 0 Å². The van der Waals surface area contributed by atoms with Crippen LogP contribution in [-0.2, 0) is 9.53 Å². The summed E-state index contributed by atoms with van der Waals surface area (Å²) < 4.78 is 4.99. The zero-order chi connectivity index (χ0) is 11.9. The Morgan fingerprint density at radius 2 is 2.00 bits per heavy atom. The maximum atomic E-state index is 11.4. The molecule has 0 rings (SSSR count). The molecular formula is C12H24O3. The molecular weight excluding hydrogens is 192 g/mol. The van der Waals surface area contributed by atoms with Crippen LogP contribution in [-0.4, -0.2) is 23.8 Å². The van der Waals surface area contributed by atoms with Gasteiger partial charge in [0.2, 0.25) is 0 Å². The van der Waals surface area contributed by atoms with E-state index >= 15 is 0 Å². The van der Waals surface area contributed by atoms with Crippen molar-refractivity contribution < 1.29 is 14.6 Å². The van der Waals surface area contributed by atoms with Crippen molar-refractivity contribution in [2.75, 3.05) is 6.61 Å². The first-order chi connectivity index (χ1) is 6.91. The van der Waals surface area contributed by atoms with E-state index in [0.717, 1.165) is 12.8 Å². The van der Waals surface area contributed by atoms with E-state index in [1.807, 2.05) is 6.92 Å². The minimum absolute atomic E-state index is 0.00298. The molecule has 0 aromatic heterocycles. The second-order valence-electron chi connectivity index (χ2n) is 4.84. The van der Waals surface area contributed by atoms with Gasteiger partial charge in [0, 0.05) is 0 Å². The minimum Gasteiger partial charge on any atom is -0.463 e. The molecule has 1 N–H and O–H groups in total. The molecule has 90 valence electrons. The van der Waals surface area contributed by atoms with E-state index in [-0.39, 0.29) is 18.0 Å². The third-order valence-corrected chi connectivity index (χ3v) is 2.46. The molecule has 0 radical (unpaired) electrons. The van der Waals surface area contributed by atoms with Gasteiger partial charge in [0.05, 0.1) is 12.5 Å². The Labute approximate surface area is 92.8 Å². The van der Waals surface area contributed by atoms with Crippen LogP contribution in [0.4, 0.5) is 0 Å². The molecule has 15 heavy (non-hydrogen) atoms. The smallest absolute Gasteiger partial charge is 0.306 e. The molecule has 0 aliphatic rings. The molecule has 3 nitrogen and oxygen atoms in total. The zero-order valence-electron chi connectivity index (χ0n) is 10.4. The lowest BCUT2D eigenvalue weighted by Gasteiger charge is -2.22. The fourth-order valence-electron chi connectivity index (χ4n) is 1.51. The Kier molecular flexibility index (Phi) is 6.57. The van der Waals surface area contributed by atoms with Gasteiger partial charge >= 0.3 is 5.97 Å². The predicted molar refractivity (Wildman–Crippen MR) is 60.6 cm³/mol. The molecule has 0 aliphatic carbocycles. The molecule has 0 aliphatic heterocycles. The lowest BCUT2D eigenvalue weighted by Crippen LogP contribution is -2.22. The summed E-state index contributed by atoms with van der Waals surface area (Å²) in [5, 5.41) is 9.23. The van der Waals surface area contributed by atoms with Crippen molar-refractivity contribution in [1.29, 1.82) is 0 Å². The van der Waals surface area contributed by atoms with Gasteiger partial charge in [-0.2, -0.15) is 0 Å². The van der Waals surface area contributed by atoms with Crippen molar-refractivity contribution in [2.45, 2.75) is 59.5 Å². The van der Waals surface area contributed by atoms with Crippen LogP contribution in [0.1, 0.15) is 53.4 Å². The fourth-order valence-corrected chi connectivity index (χ4v) is 1.51. The molecule has 0 amide bonds. The Balaban J connectivity index is 3.82. The van der Waals surface area contributed by atoms with Gasteiger partial charge in [-0.25, -0.2) is 0 Å². The van der Waals surface area contributed by atoms with Crippen LogP contribution in [0.3, 0.4) is 0 Å². The van der Waals surface area contributed by atoms with Crippen LogP contribution in [0.25, 0.3) is 0 Å². The Hall–Kier alpha value is -0.570. The number of carbonyl (C=O) groups excluding carboxylic acids is 1. The highest BCUT2D eigenvalue weighted by Crippen LogP contribution is 2.26. The molecule has 0 heterocycles. The van der Waals surface area contributed by atoms with Crippen molar-refractivity contribution in [3.8, 4) is 0 Å². The zero-order valence-corrected chi connectivity index (χ0v) is 10.4. The first-order valence-electron chi connectivity index (χ1n) is 5.75. The largest absolute Gasteiger partial charge is 0.463 e. The molecule has 0 aromatic rings. The summed E-state index contributed by atoms with van der Waals surface area (Å²) in [7, 11) is 0. The van der Waals surface area contributed by atoms with Crippen molar-refractivity contribution >= 4 is 5.97 Å². The molecule has 0 saturated carbocycles. The van der Waals surface area contributed by atoms with Gasteiger partial charge in [0.25, 0.3) is 0 Å². The summed E-state index contributed by atoms with van der Waals surface area (Å²) >= 11 is 0. The van der Waals surface area contributed by atoms with Crippen LogP contribution in [0, 0.1) is 5.41 Å². The average molecular weight is 216 g/mol. The fraction of sp³-hybridized carbons (Fsp3) is 0.917. The Morgan fingerprint density at radius 1 is 1.40 bits per heavy atom. The maximum absolute atomic E-state index is 11.4. The highest BCUT2D eigenvalue weighted by atomic mass is 16.5. The van der Waals surface area contributed by atoms with Crippen molar-refractivity contribution in [3.05, 3.63) is 0 Å². The molecule has 0 fully saturated rings. The third kappa shape index (κ3) is 7.37. The highest BCUT2D eigenvalue weighted by Gasteiger charge is 2.22. The number of hydrogen-bond acceptors (Lipinski definition) is 3. The van der Waals surface area contributed by atoms with Gasteiger partial charge in [-0.15, -0.1) is 0 Å². The summed E-state index contributed by atoms with van der Waals surface area (Å²) in [5.41, 5.74) is 0.00298. The molecule has 0 spiro atoms. The number of aliphatic hydroxyl groups excluding tert-OH is 1. The first-order valence-corrected chi connectivity index (χ1v) is 5.75. The number of rotatable bonds is 7. The standard InChI is InChI=1S/C12H24O3/c1-5-7-12(3,4)8-11(14)15-9-10(13)6-2/h10,13H,5-9H2,1-4H3. The average Bonchev–Trinajstić information content (AvgIpc) is 2.13. The van der Waals surface area contributed by atoms with Crippen molar-refractivity contribution in [3.63, 3.8) is 0 Å². The number of ether oxygens (including phenoxy) is 1. The maximum Gasteiger partial charge on any atom is 0.306 e.